The van der Waals surface area contributed by atoms with Crippen molar-refractivity contribution in [2.45, 2.75) is 19.9 Å². The highest BCUT2D eigenvalue weighted by atomic mass is 16.5. The van der Waals surface area contributed by atoms with Crippen molar-refractivity contribution in [2.24, 2.45) is 7.05 Å². The average molecular weight is 259 g/mol. The minimum Gasteiger partial charge on any atom is -0.494 e. The van der Waals surface area contributed by atoms with E-state index in [9.17, 15) is 0 Å². The number of benzene rings is 1. The molecule has 0 aliphatic rings. The van der Waals surface area contributed by atoms with E-state index < -0.39 is 0 Å². The molecule has 1 atom stereocenters. The molecule has 0 fully saturated rings. The topological polar surface area (TPSA) is 39.1 Å². The molecule has 0 aliphatic heterocycles. The van der Waals surface area contributed by atoms with Crippen LogP contribution in [0.1, 0.15) is 31.1 Å². The van der Waals surface area contributed by atoms with E-state index in [4.69, 9.17) is 4.74 Å². The highest BCUT2D eigenvalue weighted by Gasteiger charge is 2.16. The van der Waals surface area contributed by atoms with Crippen molar-refractivity contribution >= 4 is 0 Å². The third kappa shape index (κ3) is 3.15. The molecule has 0 bridgehead atoms. The standard InChI is InChI=1S/C15H21N3O/c1-4-16-15(14-9-10-17-18(14)3)12-7-6-8-13(11-12)19-5-2/h6-11,15-16H,4-5H2,1-3H3. The molecule has 1 aromatic heterocycles. The van der Waals surface area contributed by atoms with Gasteiger partial charge in [0.1, 0.15) is 5.75 Å². The third-order valence-corrected chi connectivity index (χ3v) is 3.07. The molecule has 1 N–H and O–H groups in total. The Bertz CT molecular complexity index is 522. The van der Waals surface area contributed by atoms with E-state index in [1.165, 1.54) is 5.56 Å². The summed E-state index contributed by atoms with van der Waals surface area (Å²) < 4.78 is 7.48. The second-order valence-corrected chi connectivity index (χ2v) is 4.38. The van der Waals surface area contributed by atoms with E-state index in [1.807, 2.05) is 43.0 Å². The Balaban J connectivity index is 2.33. The monoisotopic (exact) mass is 259 g/mol. The van der Waals surface area contributed by atoms with Crippen molar-refractivity contribution in [1.29, 1.82) is 0 Å². The molecule has 4 heteroatoms. The molecule has 4 nitrogen and oxygen atoms in total. The van der Waals surface area contributed by atoms with E-state index >= 15 is 0 Å². The zero-order chi connectivity index (χ0) is 13.7. The van der Waals surface area contributed by atoms with Crippen LogP contribution in [0.4, 0.5) is 0 Å². The zero-order valence-corrected chi connectivity index (χ0v) is 11.8. The summed E-state index contributed by atoms with van der Waals surface area (Å²) in [6, 6.07) is 10.4. The van der Waals surface area contributed by atoms with Gasteiger partial charge < -0.3 is 10.1 Å². The summed E-state index contributed by atoms with van der Waals surface area (Å²) in [6.45, 7) is 5.68. The van der Waals surface area contributed by atoms with Gasteiger partial charge in [0, 0.05) is 13.2 Å². The third-order valence-electron chi connectivity index (χ3n) is 3.07. The summed E-state index contributed by atoms with van der Waals surface area (Å²) in [4.78, 5) is 0. The second-order valence-electron chi connectivity index (χ2n) is 4.38. The Morgan fingerprint density at radius 1 is 1.32 bits per heavy atom. The van der Waals surface area contributed by atoms with Crippen molar-refractivity contribution in [2.75, 3.05) is 13.2 Å². The van der Waals surface area contributed by atoms with Crippen LogP contribution in [0, 0.1) is 0 Å². The lowest BCUT2D eigenvalue weighted by molar-refractivity contribution is 0.339. The highest BCUT2D eigenvalue weighted by Crippen LogP contribution is 2.24. The first-order valence-electron chi connectivity index (χ1n) is 6.70. The van der Waals surface area contributed by atoms with Crippen molar-refractivity contribution in [3.63, 3.8) is 0 Å². The fraction of sp³-hybridized carbons (Fsp3) is 0.400. The zero-order valence-electron chi connectivity index (χ0n) is 11.8. The Morgan fingerprint density at radius 3 is 2.79 bits per heavy atom. The van der Waals surface area contributed by atoms with Gasteiger partial charge >= 0.3 is 0 Å². The summed E-state index contributed by atoms with van der Waals surface area (Å²) in [6.07, 6.45) is 1.83. The summed E-state index contributed by atoms with van der Waals surface area (Å²) >= 11 is 0. The Labute approximate surface area is 114 Å². The summed E-state index contributed by atoms with van der Waals surface area (Å²) in [5.74, 6) is 0.907. The largest absolute Gasteiger partial charge is 0.494 e. The normalized spacial score (nSPS) is 12.4. The molecule has 19 heavy (non-hydrogen) atoms. The molecular formula is C15H21N3O. The lowest BCUT2D eigenvalue weighted by Gasteiger charge is -2.19. The maximum absolute atomic E-state index is 5.57. The second kappa shape index (κ2) is 6.38. The van der Waals surface area contributed by atoms with E-state index in [0.29, 0.717) is 6.61 Å². The Kier molecular flexibility index (Phi) is 4.58. The molecule has 2 aromatic rings. The molecule has 1 heterocycles. The van der Waals surface area contributed by atoms with Gasteiger partial charge in [-0.15, -0.1) is 0 Å². The Morgan fingerprint density at radius 2 is 2.16 bits per heavy atom. The molecule has 102 valence electrons. The van der Waals surface area contributed by atoms with Crippen LogP contribution in [0.15, 0.2) is 36.5 Å². The lowest BCUT2D eigenvalue weighted by Crippen LogP contribution is -2.24. The number of nitrogens with one attached hydrogen (secondary N) is 1. The van der Waals surface area contributed by atoms with Gasteiger partial charge in [-0.2, -0.15) is 5.10 Å². The summed E-state index contributed by atoms with van der Waals surface area (Å²) in [5, 5.41) is 7.74. The van der Waals surface area contributed by atoms with Gasteiger partial charge in [0.25, 0.3) is 0 Å². The molecule has 0 spiro atoms. The van der Waals surface area contributed by atoms with Gasteiger partial charge in [-0.25, -0.2) is 0 Å². The van der Waals surface area contributed by atoms with Crippen LogP contribution < -0.4 is 10.1 Å². The summed E-state index contributed by atoms with van der Waals surface area (Å²) in [5.41, 5.74) is 2.34. The van der Waals surface area contributed by atoms with Gasteiger partial charge in [-0.05, 0) is 37.2 Å². The first-order chi connectivity index (χ1) is 9.26. The van der Waals surface area contributed by atoms with E-state index in [2.05, 4.69) is 29.5 Å². The lowest BCUT2D eigenvalue weighted by atomic mass is 10.0. The van der Waals surface area contributed by atoms with Gasteiger partial charge in [0.2, 0.25) is 0 Å². The molecular weight excluding hydrogens is 238 g/mol. The molecule has 0 radical (unpaired) electrons. The molecule has 0 saturated carbocycles. The molecule has 1 unspecified atom stereocenters. The minimum absolute atomic E-state index is 0.137. The number of nitrogens with zero attached hydrogens (tertiary/aromatic N) is 2. The minimum atomic E-state index is 0.137. The van der Waals surface area contributed by atoms with Crippen LogP contribution in [0.25, 0.3) is 0 Å². The smallest absolute Gasteiger partial charge is 0.119 e. The first kappa shape index (κ1) is 13.6. The van der Waals surface area contributed by atoms with Gasteiger partial charge in [0.15, 0.2) is 0 Å². The van der Waals surface area contributed by atoms with Crippen LogP contribution in [0.3, 0.4) is 0 Å². The van der Waals surface area contributed by atoms with Gasteiger partial charge in [-0.1, -0.05) is 19.1 Å². The maximum atomic E-state index is 5.57. The first-order valence-corrected chi connectivity index (χ1v) is 6.70. The molecule has 0 amide bonds. The Hall–Kier alpha value is -1.81. The summed E-state index contributed by atoms with van der Waals surface area (Å²) in [7, 11) is 1.96. The number of hydrogen-bond acceptors (Lipinski definition) is 3. The van der Waals surface area contributed by atoms with E-state index in [1.54, 1.807) is 0 Å². The van der Waals surface area contributed by atoms with E-state index in [-0.39, 0.29) is 6.04 Å². The van der Waals surface area contributed by atoms with E-state index in [0.717, 1.165) is 18.0 Å². The van der Waals surface area contributed by atoms with Crippen molar-refractivity contribution < 1.29 is 4.74 Å². The van der Waals surface area contributed by atoms with Crippen LogP contribution in [-0.2, 0) is 7.05 Å². The maximum Gasteiger partial charge on any atom is 0.119 e. The van der Waals surface area contributed by atoms with Gasteiger partial charge in [0.05, 0.1) is 18.3 Å². The predicted octanol–water partition coefficient (Wildman–Crippen LogP) is 2.52. The van der Waals surface area contributed by atoms with Crippen LogP contribution in [-0.4, -0.2) is 22.9 Å². The van der Waals surface area contributed by atoms with Crippen molar-refractivity contribution in [3.05, 3.63) is 47.8 Å². The molecule has 0 aliphatic carbocycles. The quantitative estimate of drug-likeness (QED) is 0.866. The number of aromatic nitrogens is 2. The number of rotatable bonds is 6. The van der Waals surface area contributed by atoms with Crippen molar-refractivity contribution in [3.8, 4) is 5.75 Å². The molecule has 0 saturated heterocycles. The van der Waals surface area contributed by atoms with Crippen molar-refractivity contribution in [1.82, 2.24) is 15.1 Å². The number of hydrogen-bond donors (Lipinski definition) is 1. The highest BCUT2D eigenvalue weighted by molar-refractivity contribution is 5.34. The SMILES string of the molecule is CCNC(c1cccc(OCC)c1)c1ccnn1C. The van der Waals surface area contributed by atoms with Crippen LogP contribution in [0.2, 0.25) is 0 Å². The molecule has 2 rings (SSSR count). The fourth-order valence-electron chi connectivity index (χ4n) is 2.22. The number of aryl methyl sites for hydroxylation is 1. The van der Waals surface area contributed by atoms with Crippen LogP contribution >= 0.6 is 0 Å². The van der Waals surface area contributed by atoms with Gasteiger partial charge in [-0.3, -0.25) is 4.68 Å². The van der Waals surface area contributed by atoms with Crippen LogP contribution in [0.5, 0.6) is 5.75 Å². The molecule has 1 aromatic carbocycles. The number of ether oxygens (including phenoxy) is 1. The fourth-order valence-corrected chi connectivity index (χ4v) is 2.22. The average Bonchev–Trinajstić information content (AvgIpc) is 2.83. The predicted molar refractivity (Wildman–Crippen MR) is 76.3 cm³/mol.